The molecule has 1 aliphatic rings. The van der Waals surface area contributed by atoms with Crippen LogP contribution in [0.5, 0.6) is 0 Å². The fourth-order valence-corrected chi connectivity index (χ4v) is 3.16. The molecular weight excluding hydrogens is 248 g/mol. The van der Waals surface area contributed by atoms with Crippen molar-refractivity contribution >= 4 is 5.78 Å². The number of ether oxygens (including phenoxy) is 1. The average molecular weight is 274 g/mol. The predicted octanol–water partition coefficient (Wildman–Crippen LogP) is 4.38. The Hall–Kier alpha value is -1.15. The fourth-order valence-electron chi connectivity index (χ4n) is 3.16. The zero-order chi connectivity index (χ0) is 14.2. The molecule has 2 nitrogen and oxygen atoms in total. The van der Waals surface area contributed by atoms with Crippen molar-refractivity contribution in [3.05, 3.63) is 35.9 Å². The number of carbonyl (C=O) groups excluding carboxylic acids is 1. The molecule has 20 heavy (non-hydrogen) atoms. The molecule has 2 atom stereocenters. The topological polar surface area (TPSA) is 26.3 Å². The molecule has 0 radical (unpaired) electrons. The molecule has 110 valence electrons. The molecule has 1 saturated carbocycles. The van der Waals surface area contributed by atoms with E-state index in [1.165, 1.54) is 12.0 Å². The van der Waals surface area contributed by atoms with Gasteiger partial charge in [-0.2, -0.15) is 0 Å². The third kappa shape index (κ3) is 4.45. The number of Topliss-reactive ketones (excluding diaryl/α,β-unsaturated/α-hetero) is 1. The largest absolute Gasteiger partial charge is 0.376 e. The van der Waals surface area contributed by atoms with Crippen LogP contribution in [0, 0.1) is 11.8 Å². The number of hydrogen-bond acceptors (Lipinski definition) is 2. The van der Waals surface area contributed by atoms with Crippen LogP contribution in [0.25, 0.3) is 0 Å². The summed E-state index contributed by atoms with van der Waals surface area (Å²) in [7, 11) is 0. The molecule has 1 aromatic rings. The Kier molecular flexibility index (Phi) is 6.25. The van der Waals surface area contributed by atoms with Crippen LogP contribution in [-0.2, 0) is 16.1 Å². The van der Waals surface area contributed by atoms with Crippen molar-refractivity contribution in [1.29, 1.82) is 0 Å². The molecule has 0 spiro atoms. The average Bonchev–Trinajstić information content (AvgIpc) is 2.64. The first-order valence-electron chi connectivity index (χ1n) is 7.95. The SMILES string of the molecule is CCCC1C(=O)CCCCC1COCc1ccccc1. The van der Waals surface area contributed by atoms with Crippen molar-refractivity contribution in [3.63, 3.8) is 0 Å². The van der Waals surface area contributed by atoms with Gasteiger partial charge in [0.1, 0.15) is 5.78 Å². The van der Waals surface area contributed by atoms with Crippen molar-refractivity contribution in [2.75, 3.05) is 6.61 Å². The molecular formula is C18H26O2. The van der Waals surface area contributed by atoms with Crippen LogP contribution in [0.3, 0.4) is 0 Å². The summed E-state index contributed by atoms with van der Waals surface area (Å²) in [6.45, 7) is 3.55. The Morgan fingerprint density at radius 3 is 2.75 bits per heavy atom. The smallest absolute Gasteiger partial charge is 0.136 e. The standard InChI is InChI=1S/C18H26O2/c1-2-8-17-16(11-6-7-12-18(17)19)14-20-13-15-9-4-3-5-10-15/h3-5,9-10,16-17H,2,6-8,11-14H2,1H3. The van der Waals surface area contributed by atoms with E-state index >= 15 is 0 Å². The van der Waals surface area contributed by atoms with E-state index in [0.717, 1.165) is 38.7 Å². The lowest BCUT2D eigenvalue weighted by Crippen LogP contribution is -2.25. The van der Waals surface area contributed by atoms with E-state index in [9.17, 15) is 4.79 Å². The maximum atomic E-state index is 12.2. The molecule has 2 rings (SSSR count). The summed E-state index contributed by atoms with van der Waals surface area (Å²) in [4.78, 5) is 12.2. The van der Waals surface area contributed by atoms with Crippen molar-refractivity contribution in [1.82, 2.24) is 0 Å². The first-order valence-corrected chi connectivity index (χ1v) is 7.95. The first-order chi connectivity index (χ1) is 9.81. The highest BCUT2D eigenvalue weighted by Crippen LogP contribution is 2.30. The first kappa shape index (κ1) is 15.2. The molecule has 1 aromatic carbocycles. The molecule has 0 aromatic heterocycles. The lowest BCUT2D eigenvalue weighted by molar-refractivity contribution is -0.125. The summed E-state index contributed by atoms with van der Waals surface area (Å²) in [6.07, 6.45) is 6.27. The zero-order valence-corrected chi connectivity index (χ0v) is 12.5. The number of ketones is 1. The highest BCUT2D eigenvalue weighted by atomic mass is 16.5. The van der Waals surface area contributed by atoms with Gasteiger partial charge in [-0.3, -0.25) is 4.79 Å². The van der Waals surface area contributed by atoms with Gasteiger partial charge < -0.3 is 4.74 Å². The Morgan fingerprint density at radius 2 is 2.00 bits per heavy atom. The second-order valence-corrected chi connectivity index (χ2v) is 5.87. The molecule has 0 aliphatic heterocycles. The highest BCUT2D eigenvalue weighted by Gasteiger charge is 2.29. The minimum atomic E-state index is 0.235. The van der Waals surface area contributed by atoms with E-state index in [4.69, 9.17) is 4.74 Å². The van der Waals surface area contributed by atoms with Crippen LogP contribution in [0.1, 0.15) is 51.0 Å². The van der Waals surface area contributed by atoms with E-state index in [0.29, 0.717) is 18.3 Å². The van der Waals surface area contributed by atoms with Crippen molar-refractivity contribution < 1.29 is 9.53 Å². The van der Waals surface area contributed by atoms with Gasteiger partial charge >= 0.3 is 0 Å². The Balaban J connectivity index is 1.86. The molecule has 1 fully saturated rings. The van der Waals surface area contributed by atoms with E-state index in [1.54, 1.807) is 0 Å². The summed E-state index contributed by atoms with van der Waals surface area (Å²) in [5, 5.41) is 0. The van der Waals surface area contributed by atoms with E-state index in [-0.39, 0.29) is 5.92 Å². The summed E-state index contributed by atoms with van der Waals surface area (Å²) in [6, 6.07) is 10.3. The van der Waals surface area contributed by atoms with Gasteiger partial charge in [0.05, 0.1) is 13.2 Å². The van der Waals surface area contributed by atoms with Gasteiger partial charge in [-0.25, -0.2) is 0 Å². The van der Waals surface area contributed by atoms with E-state index in [1.807, 2.05) is 18.2 Å². The van der Waals surface area contributed by atoms with Crippen molar-refractivity contribution in [2.45, 2.75) is 52.1 Å². The second kappa shape index (κ2) is 8.21. The number of carbonyl (C=O) groups is 1. The Labute approximate surface area is 122 Å². The molecule has 0 amide bonds. The summed E-state index contributed by atoms with van der Waals surface area (Å²) in [5.41, 5.74) is 1.21. The van der Waals surface area contributed by atoms with Crippen LogP contribution < -0.4 is 0 Å². The summed E-state index contributed by atoms with van der Waals surface area (Å²) >= 11 is 0. The maximum Gasteiger partial charge on any atom is 0.136 e. The Bertz CT molecular complexity index is 399. The third-order valence-corrected chi connectivity index (χ3v) is 4.27. The van der Waals surface area contributed by atoms with Crippen LogP contribution >= 0.6 is 0 Å². The van der Waals surface area contributed by atoms with Gasteiger partial charge in [-0.1, -0.05) is 50.1 Å². The van der Waals surface area contributed by atoms with Crippen molar-refractivity contribution in [2.24, 2.45) is 11.8 Å². The number of hydrogen-bond donors (Lipinski definition) is 0. The van der Waals surface area contributed by atoms with Crippen LogP contribution in [0.4, 0.5) is 0 Å². The number of rotatable bonds is 6. The quantitative estimate of drug-likeness (QED) is 0.720. The highest BCUT2D eigenvalue weighted by molar-refractivity contribution is 5.81. The van der Waals surface area contributed by atoms with E-state index in [2.05, 4.69) is 19.1 Å². The monoisotopic (exact) mass is 274 g/mol. The van der Waals surface area contributed by atoms with E-state index < -0.39 is 0 Å². The minimum Gasteiger partial charge on any atom is -0.376 e. The Morgan fingerprint density at radius 1 is 1.20 bits per heavy atom. The molecule has 0 N–H and O–H groups in total. The zero-order valence-electron chi connectivity index (χ0n) is 12.5. The van der Waals surface area contributed by atoms with Gasteiger partial charge in [-0.15, -0.1) is 0 Å². The van der Waals surface area contributed by atoms with Gasteiger partial charge in [0.15, 0.2) is 0 Å². The molecule has 2 heteroatoms. The lowest BCUT2D eigenvalue weighted by atomic mass is 9.84. The molecule has 1 aliphatic carbocycles. The summed E-state index contributed by atoms with van der Waals surface area (Å²) < 4.78 is 5.89. The van der Waals surface area contributed by atoms with Crippen molar-refractivity contribution in [3.8, 4) is 0 Å². The number of benzene rings is 1. The van der Waals surface area contributed by atoms with Crippen LogP contribution in [-0.4, -0.2) is 12.4 Å². The van der Waals surface area contributed by atoms with Gasteiger partial charge in [0.25, 0.3) is 0 Å². The predicted molar refractivity (Wildman–Crippen MR) is 81.5 cm³/mol. The second-order valence-electron chi connectivity index (χ2n) is 5.87. The van der Waals surface area contributed by atoms with Crippen LogP contribution in [0.2, 0.25) is 0 Å². The molecule has 0 saturated heterocycles. The normalized spacial score (nSPS) is 23.6. The minimum absolute atomic E-state index is 0.235. The lowest BCUT2D eigenvalue weighted by Gasteiger charge is -2.23. The third-order valence-electron chi connectivity index (χ3n) is 4.27. The summed E-state index contributed by atoms with van der Waals surface area (Å²) in [5.74, 6) is 1.13. The van der Waals surface area contributed by atoms with Crippen LogP contribution in [0.15, 0.2) is 30.3 Å². The molecule has 2 unspecified atom stereocenters. The maximum absolute atomic E-state index is 12.2. The fraction of sp³-hybridized carbons (Fsp3) is 0.611. The molecule has 0 bridgehead atoms. The van der Waals surface area contributed by atoms with Gasteiger partial charge in [0.2, 0.25) is 0 Å². The van der Waals surface area contributed by atoms with Gasteiger partial charge in [-0.05, 0) is 30.7 Å². The molecule has 0 heterocycles. The van der Waals surface area contributed by atoms with Gasteiger partial charge in [0, 0.05) is 12.3 Å².